The minimum Gasteiger partial charge on any atom is -0.481 e. The Balaban J connectivity index is 2.52. The maximum atomic E-state index is 10.6. The monoisotopic (exact) mass is 239 g/mol. The number of hydrogen-bond donors (Lipinski definition) is 1. The Morgan fingerprint density at radius 1 is 1.50 bits per heavy atom. The van der Waals surface area contributed by atoms with Crippen LogP contribution in [0.15, 0.2) is 12.1 Å². The summed E-state index contributed by atoms with van der Waals surface area (Å²) in [5.41, 5.74) is 1.90. The van der Waals surface area contributed by atoms with E-state index in [9.17, 15) is 4.79 Å². The first kappa shape index (κ1) is 10.9. The highest BCUT2D eigenvalue weighted by Gasteiger charge is 2.09. The van der Waals surface area contributed by atoms with Crippen LogP contribution in [0.2, 0.25) is 5.15 Å². The highest BCUT2D eigenvalue weighted by atomic mass is 35.5. The average Bonchev–Trinajstić information content (AvgIpc) is 2.60. The Hall–Kier alpha value is -1.62. The van der Waals surface area contributed by atoms with E-state index in [2.05, 4.69) is 10.1 Å². The van der Waals surface area contributed by atoms with Crippen LogP contribution in [0.5, 0.6) is 0 Å². The first-order valence-electron chi connectivity index (χ1n) is 4.86. The maximum absolute atomic E-state index is 10.6. The van der Waals surface area contributed by atoms with Crippen molar-refractivity contribution in [1.82, 2.24) is 14.6 Å². The number of rotatable bonds is 3. The average molecular weight is 240 g/mol. The molecule has 0 spiro atoms. The van der Waals surface area contributed by atoms with E-state index in [0.29, 0.717) is 16.5 Å². The van der Waals surface area contributed by atoms with E-state index in [1.807, 2.05) is 6.92 Å². The summed E-state index contributed by atoms with van der Waals surface area (Å²) in [6, 6.07) is 3.33. The summed E-state index contributed by atoms with van der Waals surface area (Å²) in [6.45, 7) is 1.98. The van der Waals surface area contributed by atoms with Gasteiger partial charge in [-0.15, -0.1) is 0 Å². The summed E-state index contributed by atoms with van der Waals surface area (Å²) in [5, 5.41) is 13.3. The highest BCUT2D eigenvalue weighted by Crippen LogP contribution is 2.14. The third-order valence-electron chi connectivity index (χ3n) is 2.18. The zero-order valence-electron chi connectivity index (χ0n) is 8.64. The van der Waals surface area contributed by atoms with Crippen molar-refractivity contribution in [2.75, 3.05) is 0 Å². The summed E-state index contributed by atoms with van der Waals surface area (Å²) in [6.07, 6.45) is 0.650. The molecule has 0 aliphatic carbocycles. The minimum atomic E-state index is -0.928. The quantitative estimate of drug-likeness (QED) is 0.826. The fourth-order valence-electron chi connectivity index (χ4n) is 1.45. The van der Waals surface area contributed by atoms with Crippen LogP contribution in [-0.2, 0) is 17.6 Å². The molecular formula is C10H10ClN3O2. The van der Waals surface area contributed by atoms with Crippen molar-refractivity contribution < 1.29 is 9.90 Å². The normalized spacial score (nSPS) is 10.9. The van der Waals surface area contributed by atoms with Gasteiger partial charge in [-0.05, 0) is 12.5 Å². The molecule has 2 rings (SSSR count). The zero-order chi connectivity index (χ0) is 11.7. The summed E-state index contributed by atoms with van der Waals surface area (Å²) >= 11 is 5.98. The molecule has 0 aliphatic rings. The lowest BCUT2D eigenvalue weighted by Crippen LogP contribution is -2.04. The molecule has 0 amide bonds. The minimum absolute atomic E-state index is 0.136. The molecular weight excluding hydrogens is 230 g/mol. The van der Waals surface area contributed by atoms with Gasteiger partial charge in [0.25, 0.3) is 0 Å². The van der Waals surface area contributed by atoms with Gasteiger partial charge < -0.3 is 5.11 Å². The van der Waals surface area contributed by atoms with Crippen LogP contribution in [0.1, 0.15) is 18.3 Å². The number of halogens is 1. The summed E-state index contributed by atoms with van der Waals surface area (Å²) in [7, 11) is 0. The second-order valence-corrected chi connectivity index (χ2v) is 3.79. The molecule has 2 aromatic rings. The van der Waals surface area contributed by atoms with Crippen molar-refractivity contribution in [3.8, 4) is 0 Å². The topological polar surface area (TPSA) is 67.5 Å². The van der Waals surface area contributed by atoms with Crippen LogP contribution in [0.4, 0.5) is 0 Å². The molecule has 0 saturated heterocycles. The van der Waals surface area contributed by atoms with E-state index in [0.717, 1.165) is 12.1 Å². The molecule has 16 heavy (non-hydrogen) atoms. The van der Waals surface area contributed by atoms with E-state index in [-0.39, 0.29) is 6.42 Å². The van der Waals surface area contributed by atoms with Gasteiger partial charge in [-0.1, -0.05) is 18.5 Å². The van der Waals surface area contributed by atoms with E-state index in [1.165, 1.54) is 10.6 Å². The number of carboxylic acid groups (broad SMARTS) is 1. The smallest absolute Gasteiger partial charge is 0.309 e. The van der Waals surface area contributed by atoms with Crippen molar-refractivity contribution in [2.24, 2.45) is 0 Å². The number of fused-ring (bicyclic) bond motifs is 1. The molecule has 1 N–H and O–H groups in total. The number of carbonyl (C=O) groups is 1. The molecule has 2 aromatic heterocycles. The van der Waals surface area contributed by atoms with Gasteiger partial charge in [-0.2, -0.15) is 5.10 Å². The molecule has 2 heterocycles. The molecule has 5 nitrogen and oxygen atoms in total. The van der Waals surface area contributed by atoms with Crippen LogP contribution < -0.4 is 0 Å². The van der Waals surface area contributed by atoms with Gasteiger partial charge in [0.05, 0.1) is 17.8 Å². The van der Waals surface area contributed by atoms with Crippen LogP contribution in [0.3, 0.4) is 0 Å². The molecule has 0 atom stereocenters. The van der Waals surface area contributed by atoms with Crippen LogP contribution >= 0.6 is 11.6 Å². The number of carboxylic acids is 1. The summed E-state index contributed by atoms with van der Waals surface area (Å²) in [4.78, 5) is 14.8. The van der Waals surface area contributed by atoms with Crippen LogP contribution in [0.25, 0.3) is 5.65 Å². The summed E-state index contributed by atoms with van der Waals surface area (Å²) in [5.74, 6) is -0.928. The van der Waals surface area contributed by atoms with Crippen molar-refractivity contribution in [2.45, 2.75) is 19.8 Å². The van der Waals surface area contributed by atoms with E-state index in [1.54, 1.807) is 6.07 Å². The van der Waals surface area contributed by atoms with Crippen molar-refractivity contribution in [1.29, 1.82) is 0 Å². The van der Waals surface area contributed by atoms with Gasteiger partial charge in [-0.3, -0.25) is 4.79 Å². The van der Waals surface area contributed by atoms with Crippen molar-refractivity contribution >= 4 is 23.2 Å². The highest BCUT2D eigenvalue weighted by molar-refractivity contribution is 6.29. The SMILES string of the molecule is CCc1cc2nc(CC(=O)O)cc(Cl)n2n1. The van der Waals surface area contributed by atoms with Gasteiger partial charge in [-0.25, -0.2) is 9.50 Å². The van der Waals surface area contributed by atoms with E-state index in [4.69, 9.17) is 16.7 Å². The lowest BCUT2D eigenvalue weighted by molar-refractivity contribution is -0.136. The standard InChI is InChI=1S/C10H10ClN3O2/c1-2-6-4-9-12-7(5-10(15)16)3-8(11)14(9)13-6/h3-4H,2,5H2,1H3,(H,15,16). The number of aliphatic carboxylic acids is 1. The molecule has 0 fully saturated rings. The molecule has 0 bridgehead atoms. The number of hydrogen-bond acceptors (Lipinski definition) is 3. The summed E-state index contributed by atoms with van der Waals surface area (Å²) < 4.78 is 1.51. The van der Waals surface area contributed by atoms with E-state index < -0.39 is 5.97 Å². The third kappa shape index (κ3) is 1.99. The fraction of sp³-hybridized carbons (Fsp3) is 0.300. The second kappa shape index (κ2) is 4.09. The molecule has 84 valence electrons. The Morgan fingerprint density at radius 3 is 2.88 bits per heavy atom. The Morgan fingerprint density at radius 2 is 2.25 bits per heavy atom. The third-order valence-corrected chi connectivity index (χ3v) is 2.45. The van der Waals surface area contributed by atoms with Gasteiger partial charge in [0.2, 0.25) is 0 Å². The van der Waals surface area contributed by atoms with Gasteiger partial charge in [0, 0.05) is 6.07 Å². The number of nitrogens with zero attached hydrogens (tertiary/aromatic N) is 3. The van der Waals surface area contributed by atoms with Crippen LogP contribution in [0, 0.1) is 0 Å². The number of aromatic nitrogens is 3. The largest absolute Gasteiger partial charge is 0.481 e. The molecule has 0 aliphatic heterocycles. The zero-order valence-corrected chi connectivity index (χ0v) is 9.40. The predicted molar refractivity (Wildman–Crippen MR) is 58.7 cm³/mol. The van der Waals surface area contributed by atoms with Gasteiger partial charge in [0.1, 0.15) is 5.15 Å². The van der Waals surface area contributed by atoms with Gasteiger partial charge >= 0.3 is 5.97 Å². The first-order chi connectivity index (χ1) is 7.60. The molecule has 0 radical (unpaired) electrons. The Bertz CT molecular complexity index is 550. The van der Waals surface area contributed by atoms with Crippen molar-refractivity contribution in [3.63, 3.8) is 0 Å². The number of aryl methyl sites for hydroxylation is 1. The molecule has 0 aromatic carbocycles. The van der Waals surface area contributed by atoms with Crippen LogP contribution in [-0.4, -0.2) is 25.7 Å². The molecule has 6 heteroatoms. The maximum Gasteiger partial charge on any atom is 0.309 e. The molecule has 0 saturated carbocycles. The molecule has 0 unspecified atom stereocenters. The Labute approximate surface area is 96.7 Å². The predicted octanol–water partition coefficient (Wildman–Crippen LogP) is 1.57. The lowest BCUT2D eigenvalue weighted by Gasteiger charge is -2.00. The van der Waals surface area contributed by atoms with E-state index >= 15 is 0 Å². The second-order valence-electron chi connectivity index (χ2n) is 3.40. The fourth-order valence-corrected chi connectivity index (χ4v) is 1.70. The lowest BCUT2D eigenvalue weighted by atomic mass is 10.3. The first-order valence-corrected chi connectivity index (χ1v) is 5.24. The van der Waals surface area contributed by atoms with Gasteiger partial charge in [0.15, 0.2) is 5.65 Å². The Kier molecular flexibility index (Phi) is 2.78. The van der Waals surface area contributed by atoms with Crippen molar-refractivity contribution in [3.05, 3.63) is 28.7 Å².